The number of nitrogens with two attached hydrogens (primary N) is 1. The zero-order chi connectivity index (χ0) is 21.7. The summed E-state index contributed by atoms with van der Waals surface area (Å²) in [5.41, 5.74) is 8.67. The summed E-state index contributed by atoms with van der Waals surface area (Å²) in [5, 5.41) is 6.95. The van der Waals surface area contributed by atoms with Gasteiger partial charge in [-0.15, -0.1) is 0 Å². The molecule has 9 heteroatoms. The summed E-state index contributed by atoms with van der Waals surface area (Å²) in [5.74, 6) is 0.913. The second-order valence-electron chi connectivity index (χ2n) is 8.50. The molecule has 0 radical (unpaired) electrons. The second kappa shape index (κ2) is 7.72. The van der Waals surface area contributed by atoms with E-state index in [9.17, 15) is 0 Å². The minimum absolute atomic E-state index is 0.0562. The van der Waals surface area contributed by atoms with Crippen LogP contribution in [0.1, 0.15) is 24.6 Å². The van der Waals surface area contributed by atoms with Crippen LogP contribution in [0.3, 0.4) is 0 Å². The molecule has 0 amide bonds. The van der Waals surface area contributed by atoms with Crippen LogP contribution in [0.2, 0.25) is 5.02 Å². The predicted molar refractivity (Wildman–Crippen MR) is 126 cm³/mol. The average Bonchev–Trinajstić information content (AvgIpc) is 3.38. The van der Waals surface area contributed by atoms with Gasteiger partial charge in [-0.25, -0.2) is 9.97 Å². The van der Waals surface area contributed by atoms with Gasteiger partial charge in [-0.1, -0.05) is 29.4 Å². The lowest BCUT2D eigenvalue weighted by molar-refractivity contribution is 0.170. The molecule has 3 aromatic heterocycles. The maximum absolute atomic E-state index is 6.60. The number of rotatable bonds is 3. The van der Waals surface area contributed by atoms with Crippen LogP contribution in [0.25, 0.3) is 10.9 Å². The Labute approximate surface area is 195 Å². The van der Waals surface area contributed by atoms with Crippen molar-refractivity contribution >= 4 is 40.1 Å². The summed E-state index contributed by atoms with van der Waals surface area (Å²) in [7, 11) is 0. The minimum atomic E-state index is 0.0562. The summed E-state index contributed by atoms with van der Waals surface area (Å²) in [6.45, 7) is 2.76. The highest BCUT2D eigenvalue weighted by molar-refractivity contribution is 7.99. The van der Waals surface area contributed by atoms with E-state index in [0.717, 1.165) is 64.8 Å². The van der Waals surface area contributed by atoms with Crippen molar-refractivity contribution in [2.45, 2.75) is 35.3 Å². The smallest absolute Gasteiger partial charge is 0.147 e. The summed E-state index contributed by atoms with van der Waals surface area (Å²) in [4.78, 5) is 17.2. The van der Waals surface area contributed by atoms with Gasteiger partial charge in [0.2, 0.25) is 0 Å². The van der Waals surface area contributed by atoms with Gasteiger partial charge < -0.3 is 10.6 Å². The Morgan fingerprint density at radius 3 is 2.69 bits per heavy atom. The topological polar surface area (TPSA) is 85.8 Å². The van der Waals surface area contributed by atoms with E-state index in [4.69, 9.17) is 22.3 Å². The zero-order valence-electron chi connectivity index (χ0n) is 17.4. The van der Waals surface area contributed by atoms with Crippen molar-refractivity contribution in [1.82, 2.24) is 24.7 Å². The van der Waals surface area contributed by atoms with Crippen molar-refractivity contribution in [2.75, 3.05) is 18.0 Å². The Balaban J connectivity index is 1.16. The van der Waals surface area contributed by atoms with Crippen LogP contribution in [0, 0.1) is 5.41 Å². The van der Waals surface area contributed by atoms with Gasteiger partial charge in [0, 0.05) is 47.7 Å². The SMILES string of the molecule is N[C@@H]1c2ccnn2CC12CCN(c1cnc(Sc3ccc(Cl)c4ncccc34)cn1)CC2. The van der Waals surface area contributed by atoms with E-state index < -0.39 is 0 Å². The molecule has 1 saturated heterocycles. The third-order valence-electron chi connectivity index (χ3n) is 6.79. The largest absolute Gasteiger partial charge is 0.355 e. The molecule has 2 aliphatic heterocycles. The van der Waals surface area contributed by atoms with Gasteiger partial charge in [-0.2, -0.15) is 5.10 Å². The average molecular weight is 464 g/mol. The molecule has 162 valence electrons. The number of halogens is 1. The molecule has 1 aromatic carbocycles. The molecule has 1 atom stereocenters. The standard InChI is InChI=1S/C23H22ClN7S/c24-16-3-4-18(15-2-1-8-26-21(15)16)32-20-13-27-19(12-28-20)30-10-6-23(7-11-30)14-31-17(22(23)25)5-9-29-31/h1-5,8-9,12-13,22H,6-7,10-11,14,25H2/t22-/m1/s1. The maximum Gasteiger partial charge on any atom is 0.147 e. The monoisotopic (exact) mass is 463 g/mol. The van der Waals surface area contributed by atoms with Crippen molar-refractivity contribution in [3.63, 3.8) is 0 Å². The van der Waals surface area contributed by atoms with Crippen molar-refractivity contribution < 1.29 is 0 Å². The molecule has 0 aliphatic carbocycles. The Morgan fingerprint density at radius 2 is 1.91 bits per heavy atom. The molecular formula is C23H22ClN7S. The second-order valence-corrected chi connectivity index (χ2v) is 9.97. The summed E-state index contributed by atoms with van der Waals surface area (Å²) in [6, 6.07) is 9.94. The molecule has 1 fully saturated rings. The molecule has 6 rings (SSSR count). The van der Waals surface area contributed by atoms with Crippen molar-refractivity contribution in [3.05, 3.63) is 65.8 Å². The van der Waals surface area contributed by atoms with E-state index in [2.05, 4.69) is 24.6 Å². The zero-order valence-corrected chi connectivity index (χ0v) is 18.9. The first kappa shape index (κ1) is 20.0. The number of anilines is 1. The van der Waals surface area contributed by atoms with E-state index in [1.807, 2.05) is 48.9 Å². The quantitative estimate of drug-likeness (QED) is 0.484. The molecule has 0 unspecified atom stereocenters. The van der Waals surface area contributed by atoms with Gasteiger partial charge in [-0.05, 0) is 37.1 Å². The van der Waals surface area contributed by atoms with Gasteiger partial charge in [0.1, 0.15) is 10.8 Å². The first-order valence-electron chi connectivity index (χ1n) is 10.7. The number of fused-ring (bicyclic) bond motifs is 2. The van der Waals surface area contributed by atoms with Crippen LogP contribution in [0.5, 0.6) is 0 Å². The molecule has 4 aromatic rings. The fourth-order valence-electron chi connectivity index (χ4n) is 4.94. The molecule has 0 bridgehead atoms. The van der Waals surface area contributed by atoms with Gasteiger partial charge in [0.05, 0.1) is 34.7 Å². The lowest BCUT2D eigenvalue weighted by atomic mass is 9.73. The normalized spacial score (nSPS) is 19.6. The van der Waals surface area contributed by atoms with Crippen molar-refractivity contribution in [3.8, 4) is 0 Å². The number of pyridine rings is 1. The highest BCUT2D eigenvalue weighted by atomic mass is 35.5. The lowest BCUT2D eigenvalue weighted by Crippen LogP contribution is -2.45. The van der Waals surface area contributed by atoms with E-state index in [1.165, 1.54) is 0 Å². The molecule has 7 nitrogen and oxygen atoms in total. The van der Waals surface area contributed by atoms with Crippen LogP contribution in [-0.4, -0.2) is 37.8 Å². The van der Waals surface area contributed by atoms with Crippen LogP contribution >= 0.6 is 23.4 Å². The Morgan fingerprint density at radius 1 is 1.03 bits per heavy atom. The van der Waals surface area contributed by atoms with Gasteiger partial charge in [0.15, 0.2) is 0 Å². The first-order chi connectivity index (χ1) is 15.6. The summed E-state index contributed by atoms with van der Waals surface area (Å²) < 4.78 is 2.07. The van der Waals surface area contributed by atoms with E-state index in [0.29, 0.717) is 5.02 Å². The highest BCUT2D eigenvalue weighted by Crippen LogP contribution is 2.47. The highest BCUT2D eigenvalue weighted by Gasteiger charge is 2.46. The number of piperidine rings is 1. The molecular weight excluding hydrogens is 442 g/mol. The van der Waals surface area contributed by atoms with Gasteiger partial charge in [0.25, 0.3) is 0 Å². The van der Waals surface area contributed by atoms with E-state index in [-0.39, 0.29) is 11.5 Å². The number of hydrogen-bond acceptors (Lipinski definition) is 7. The predicted octanol–water partition coefficient (Wildman–Crippen LogP) is 4.33. The Hall–Kier alpha value is -2.68. The first-order valence-corrected chi connectivity index (χ1v) is 11.9. The number of benzene rings is 1. The number of hydrogen-bond donors (Lipinski definition) is 1. The fraction of sp³-hybridized carbons (Fsp3) is 0.304. The summed E-state index contributed by atoms with van der Waals surface area (Å²) >= 11 is 7.87. The number of nitrogens with zero attached hydrogens (tertiary/aromatic N) is 6. The molecule has 0 saturated carbocycles. The third-order valence-corrected chi connectivity index (χ3v) is 8.09. The van der Waals surface area contributed by atoms with Crippen LogP contribution in [0.4, 0.5) is 5.82 Å². The molecule has 32 heavy (non-hydrogen) atoms. The van der Waals surface area contributed by atoms with Crippen molar-refractivity contribution in [1.29, 1.82) is 0 Å². The van der Waals surface area contributed by atoms with Crippen molar-refractivity contribution in [2.24, 2.45) is 11.1 Å². The maximum atomic E-state index is 6.60. The van der Waals surface area contributed by atoms with E-state index >= 15 is 0 Å². The number of aromatic nitrogens is 5. The molecule has 5 heterocycles. The molecule has 2 N–H and O–H groups in total. The summed E-state index contributed by atoms with van der Waals surface area (Å²) in [6.07, 6.45) is 9.37. The fourth-order valence-corrected chi connectivity index (χ4v) is 6.00. The Bertz CT molecular complexity index is 1280. The molecule has 2 aliphatic rings. The van der Waals surface area contributed by atoms with E-state index in [1.54, 1.807) is 18.0 Å². The lowest BCUT2D eigenvalue weighted by Gasteiger charge is -2.41. The van der Waals surface area contributed by atoms with Crippen LogP contribution in [0.15, 0.2) is 65.0 Å². The molecule has 1 spiro atoms. The van der Waals surface area contributed by atoms with Crippen LogP contribution in [-0.2, 0) is 6.54 Å². The Kier molecular flexibility index (Phi) is 4.82. The van der Waals surface area contributed by atoms with Crippen LogP contribution < -0.4 is 10.6 Å². The van der Waals surface area contributed by atoms with Gasteiger partial charge >= 0.3 is 0 Å². The third kappa shape index (κ3) is 3.25. The minimum Gasteiger partial charge on any atom is -0.355 e. The van der Waals surface area contributed by atoms with Gasteiger partial charge in [-0.3, -0.25) is 9.67 Å².